The Morgan fingerprint density at radius 1 is 1.06 bits per heavy atom. The van der Waals surface area contributed by atoms with Gasteiger partial charge in [-0.3, -0.25) is 9.69 Å². The maximum absolute atomic E-state index is 12.8. The Morgan fingerprint density at radius 2 is 1.78 bits per heavy atom. The highest BCUT2D eigenvalue weighted by Crippen LogP contribution is 2.18. The van der Waals surface area contributed by atoms with E-state index in [-0.39, 0.29) is 12.5 Å². The van der Waals surface area contributed by atoms with Crippen LogP contribution in [0.4, 0.5) is 0 Å². The van der Waals surface area contributed by atoms with Crippen molar-refractivity contribution in [2.75, 3.05) is 53.0 Å². The highest BCUT2D eigenvalue weighted by molar-refractivity contribution is 7.89. The van der Waals surface area contributed by atoms with E-state index >= 15 is 0 Å². The van der Waals surface area contributed by atoms with Crippen molar-refractivity contribution in [3.8, 4) is 5.88 Å². The maximum Gasteiger partial charge on any atom is 0.243 e. The number of piperazine rings is 1. The van der Waals surface area contributed by atoms with Crippen LogP contribution in [0.25, 0.3) is 0 Å². The third kappa shape index (κ3) is 6.73. The molecular weight excluding hydrogens is 432 g/mol. The first-order chi connectivity index (χ1) is 15.4. The van der Waals surface area contributed by atoms with Crippen LogP contribution in [0.2, 0.25) is 0 Å². The van der Waals surface area contributed by atoms with Gasteiger partial charge in [-0.1, -0.05) is 23.8 Å². The van der Waals surface area contributed by atoms with E-state index in [0.717, 1.165) is 11.1 Å². The third-order valence-electron chi connectivity index (χ3n) is 5.18. The molecule has 2 heterocycles. The lowest BCUT2D eigenvalue weighted by molar-refractivity contribution is -0.122. The lowest BCUT2D eigenvalue weighted by Gasteiger charge is -2.33. The van der Waals surface area contributed by atoms with Crippen molar-refractivity contribution in [2.24, 2.45) is 0 Å². The van der Waals surface area contributed by atoms with Crippen LogP contribution in [0.1, 0.15) is 11.1 Å². The fourth-order valence-electron chi connectivity index (χ4n) is 3.28. The molecular formula is C22H30N4O5S. The fraction of sp³-hybridized carbons (Fsp3) is 0.455. The van der Waals surface area contributed by atoms with E-state index in [4.69, 9.17) is 9.47 Å². The van der Waals surface area contributed by atoms with E-state index in [2.05, 4.69) is 10.3 Å². The summed E-state index contributed by atoms with van der Waals surface area (Å²) in [4.78, 5) is 18.8. The Kier molecular flexibility index (Phi) is 8.57. The van der Waals surface area contributed by atoms with Crippen molar-refractivity contribution in [1.29, 1.82) is 0 Å². The molecule has 9 nitrogen and oxygen atoms in total. The number of amides is 1. The number of carbonyl (C=O) groups is 1. The summed E-state index contributed by atoms with van der Waals surface area (Å²) < 4.78 is 37.4. The molecule has 0 radical (unpaired) electrons. The van der Waals surface area contributed by atoms with Crippen LogP contribution in [-0.4, -0.2) is 81.6 Å². The molecule has 174 valence electrons. The van der Waals surface area contributed by atoms with Crippen LogP contribution in [0.15, 0.2) is 47.5 Å². The number of hydrogen-bond donors (Lipinski definition) is 1. The van der Waals surface area contributed by atoms with Gasteiger partial charge in [0, 0.05) is 52.1 Å². The number of aromatic nitrogens is 1. The van der Waals surface area contributed by atoms with Crippen LogP contribution in [-0.2, 0) is 26.1 Å². The predicted molar refractivity (Wildman–Crippen MR) is 120 cm³/mol. The first-order valence-electron chi connectivity index (χ1n) is 10.5. The molecule has 1 N–H and O–H groups in total. The minimum Gasteiger partial charge on any atom is -0.475 e. The Bertz CT molecular complexity index is 972. The smallest absolute Gasteiger partial charge is 0.243 e. The van der Waals surface area contributed by atoms with Crippen LogP contribution >= 0.6 is 0 Å². The van der Waals surface area contributed by atoms with Crippen molar-refractivity contribution in [1.82, 2.24) is 19.5 Å². The molecule has 0 aliphatic carbocycles. The fourth-order valence-corrected chi connectivity index (χ4v) is 4.70. The summed E-state index contributed by atoms with van der Waals surface area (Å²) >= 11 is 0. The zero-order chi connectivity index (χ0) is 23.0. The maximum atomic E-state index is 12.8. The van der Waals surface area contributed by atoms with E-state index in [1.54, 1.807) is 43.6 Å². The summed E-state index contributed by atoms with van der Waals surface area (Å²) in [6.45, 7) is 5.17. The molecule has 1 aliphatic heterocycles. The van der Waals surface area contributed by atoms with Crippen molar-refractivity contribution in [3.05, 3.63) is 53.7 Å². The normalized spacial score (nSPS) is 15.4. The zero-order valence-corrected chi connectivity index (χ0v) is 19.3. The van der Waals surface area contributed by atoms with Gasteiger partial charge in [0.2, 0.25) is 21.8 Å². The Morgan fingerprint density at radius 3 is 2.41 bits per heavy atom. The van der Waals surface area contributed by atoms with Gasteiger partial charge < -0.3 is 14.8 Å². The second kappa shape index (κ2) is 11.4. The molecule has 1 aliphatic rings. The van der Waals surface area contributed by atoms with Gasteiger partial charge in [0.15, 0.2) is 0 Å². The molecule has 1 aromatic heterocycles. The molecule has 2 aromatic rings. The predicted octanol–water partition coefficient (Wildman–Crippen LogP) is 1.04. The number of sulfonamides is 1. The van der Waals surface area contributed by atoms with Gasteiger partial charge in [-0.15, -0.1) is 0 Å². The second-order valence-corrected chi connectivity index (χ2v) is 9.55. The van der Waals surface area contributed by atoms with E-state index < -0.39 is 10.0 Å². The van der Waals surface area contributed by atoms with Gasteiger partial charge in [-0.05, 0) is 24.6 Å². The molecule has 0 spiro atoms. The highest BCUT2D eigenvalue weighted by Gasteiger charge is 2.28. The van der Waals surface area contributed by atoms with Crippen molar-refractivity contribution >= 4 is 15.9 Å². The molecule has 0 bridgehead atoms. The summed E-state index contributed by atoms with van der Waals surface area (Å²) in [7, 11) is -1.90. The van der Waals surface area contributed by atoms with Crippen molar-refractivity contribution in [3.63, 3.8) is 0 Å². The highest BCUT2D eigenvalue weighted by atomic mass is 32.2. The van der Waals surface area contributed by atoms with Crippen LogP contribution in [0.5, 0.6) is 5.88 Å². The van der Waals surface area contributed by atoms with Gasteiger partial charge in [0.1, 0.15) is 6.61 Å². The van der Waals surface area contributed by atoms with E-state index in [9.17, 15) is 13.2 Å². The SMILES string of the molecule is COCCOc1ccc(CNC(=O)CN2CCN(S(=O)(=O)c3ccc(C)cc3)CC2)cn1. The minimum atomic E-state index is -3.51. The number of aryl methyl sites for hydroxylation is 1. The van der Waals surface area contributed by atoms with Crippen LogP contribution in [0.3, 0.4) is 0 Å². The average molecular weight is 463 g/mol. The molecule has 1 aromatic carbocycles. The Balaban J connectivity index is 1.41. The summed E-state index contributed by atoms with van der Waals surface area (Å²) in [5.74, 6) is 0.399. The molecule has 32 heavy (non-hydrogen) atoms. The number of nitrogens with zero attached hydrogens (tertiary/aromatic N) is 3. The lowest BCUT2D eigenvalue weighted by Crippen LogP contribution is -2.50. The summed E-state index contributed by atoms with van der Waals surface area (Å²) in [6.07, 6.45) is 1.66. The summed E-state index contributed by atoms with van der Waals surface area (Å²) in [5, 5.41) is 2.88. The topological polar surface area (TPSA) is 101 Å². The number of rotatable bonds is 10. The zero-order valence-electron chi connectivity index (χ0n) is 18.5. The third-order valence-corrected chi connectivity index (χ3v) is 7.09. The van der Waals surface area contributed by atoms with Gasteiger partial charge in [-0.2, -0.15) is 4.31 Å². The monoisotopic (exact) mass is 462 g/mol. The molecule has 3 rings (SSSR count). The van der Waals surface area contributed by atoms with Gasteiger partial charge >= 0.3 is 0 Å². The van der Waals surface area contributed by atoms with Gasteiger partial charge in [-0.25, -0.2) is 13.4 Å². The van der Waals surface area contributed by atoms with Crippen molar-refractivity contribution < 1.29 is 22.7 Å². The molecule has 0 unspecified atom stereocenters. The number of nitrogens with one attached hydrogen (secondary N) is 1. The summed E-state index contributed by atoms with van der Waals surface area (Å²) in [5.41, 5.74) is 1.88. The number of methoxy groups -OCH3 is 1. The molecule has 1 amide bonds. The largest absolute Gasteiger partial charge is 0.475 e. The minimum absolute atomic E-state index is 0.111. The van der Waals surface area contributed by atoms with Crippen molar-refractivity contribution in [2.45, 2.75) is 18.4 Å². The number of pyridine rings is 1. The molecule has 1 saturated heterocycles. The lowest BCUT2D eigenvalue weighted by atomic mass is 10.2. The first kappa shape index (κ1) is 24.1. The quantitative estimate of drug-likeness (QED) is 0.527. The van der Waals surface area contributed by atoms with Crippen LogP contribution < -0.4 is 10.1 Å². The number of hydrogen-bond acceptors (Lipinski definition) is 7. The Hall–Kier alpha value is -2.53. The average Bonchev–Trinajstić information content (AvgIpc) is 2.79. The number of carbonyl (C=O) groups excluding carboxylic acids is 1. The van der Waals surface area contributed by atoms with E-state index in [0.29, 0.717) is 56.7 Å². The van der Waals surface area contributed by atoms with E-state index in [1.807, 2.05) is 17.9 Å². The van der Waals surface area contributed by atoms with Gasteiger partial charge in [0.25, 0.3) is 0 Å². The molecule has 0 atom stereocenters. The summed E-state index contributed by atoms with van der Waals surface area (Å²) in [6, 6.07) is 10.5. The first-order valence-corrected chi connectivity index (χ1v) is 11.9. The molecule has 10 heteroatoms. The second-order valence-electron chi connectivity index (χ2n) is 7.62. The number of benzene rings is 1. The van der Waals surface area contributed by atoms with E-state index in [1.165, 1.54) is 4.31 Å². The standard InChI is InChI=1S/C22H30N4O5S/c1-18-3-6-20(7-4-18)32(28,29)26-11-9-25(10-12-26)17-21(27)23-15-19-5-8-22(24-16-19)31-14-13-30-2/h3-8,16H,9-15,17H2,1-2H3,(H,23,27). The van der Waals surface area contributed by atoms with Gasteiger partial charge in [0.05, 0.1) is 18.0 Å². The van der Waals surface area contributed by atoms with Crippen LogP contribution in [0, 0.1) is 6.92 Å². The number of ether oxygens (including phenoxy) is 2. The molecule has 1 fully saturated rings. The Labute approximate surface area is 189 Å². The molecule has 0 saturated carbocycles.